The molecule has 3 nitrogen and oxygen atoms in total. The van der Waals surface area contributed by atoms with Gasteiger partial charge in [0.15, 0.2) is 0 Å². The van der Waals surface area contributed by atoms with E-state index in [2.05, 4.69) is 0 Å². The highest BCUT2D eigenvalue weighted by molar-refractivity contribution is 5.73. The van der Waals surface area contributed by atoms with E-state index < -0.39 is 0 Å². The number of hydrogen-bond acceptors (Lipinski definition) is 3. The van der Waals surface area contributed by atoms with Crippen molar-refractivity contribution >= 4 is 5.97 Å². The van der Waals surface area contributed by atoms with Crippen LogP contribution in [0.4, 0.5) is 0 Å². The normalized spacial score (nSPS) is 14.5. The fraction of sp³-hybridized carbons (Fsp3) is 0.357. The zero-order valence-electron chi connectivity index (χ0n) is 10.4. The topological polar surface area (TPSA) is 46.5 Å². The van der Waals surface area contributed by atoms with Crippen LogP contribution < -0.4 is 0 Å². The number of rotatable bonds is 4. The zero-order chi connectivity index (χ0) is 12.8. The molecule has 0 spiro atoms. The fourth-order valence-electron chi connectivity index (χ4n) is 1.80. The highest BCUT2D eigenvalue weighted by Crippen LogP contribution is 2.28. The summed E-state index contributed by atoms with van der Waals surface area (Å²) in [6, 6.07) is 6.88. The number of esters is 1. The van der Waals surface area contributed by atoms with Crippen LogP contribution in [0.1, 0.15) is 25.3 Å². The van der Waals surface area contributed by atoms with Gasteiger partial charge in [0.2, 0.25) is 0 Å². The van der Waals surface area contributed by atoms with Gasteiger partial charge in [-0.2, -0.15) is 0 Å². The SMILES string of the molecule is C/C=C/C(c1ccc(O)cc1)C(C)C(=O)OC. The Hall–Kier alpha value is -1.77. The van der Waals surface area contributed by atoms with Crippen LogP contribution >= 0.6 is 0 Å². The maximum Gasteiger partial charge on any atom is 0.309 e. The third kappa shape index (κ3) is 3.34. The summed E-state index contributed by atoms with van der Waals surface area (Å²) in [7, 11) is 1.39. The zero-order valence-corrected chi connectivity index (χ0v) is 10.4. The molecule has 0 aliphatic carbocycles. The lowest BCUT2D eigenvalue weighted by molar-refractivity contribution is -0.145. The number of hydrogen-bond donors (Lipinski definition) is 1. The largest absolute Gasteiger partial charge is 0.508 e. The first-order valence-electron chi connectivity index (χ1n) is 5.59. The van der Waals surface area contributed by atoms with Gasteiger partial charge in [-0.25, -0.2) is 0 Å². The van der Waals surface area contributed by atoms with Crippen molar-refractivity contribution < 1.29 is 14.6 Å². The molecule has 0 amide bonds. The molecule has 1 aromatic rings. The lowest BCUT2D eigenvalue weighted by atomic mass is 9.87. The molecule has 0 aliphatic rings. The highest BCUT2D eigenvalue weighted by atomic mass is 16.5. The first kappa shape index (κ1) is 13.3. The van der Waals surface area contributed by atoms with Crippen molar-refractivity contribution in [3.8, 4) is 5.75 Å². The number of phenolic OH excluding ortho intramolecular Hbond substituents is 1. The predicted octanol–water partition coefficient (Wildman–Crippen LogP) is 2.86. The van der Waals surface area contributed by atoms with Crippen LogP contribution in [-0.2, 0) is 9.53 Å². The average molecular weight is 234 g/mol. The molecule has 0 fully saturated rings. The number of benzene rings is 1. The number of carbonyl (C=O) groups is 1. The predicted molar refractivity (Wildman–Crippen MR) is 66.8 cm³/mol. The van der Waals surface area contributed by atoms with Gasteiger partial charge in [-0.05, 0) is 24.6 Å². The van der Waals surface area contributed by atoms with Crippen LogP contribution in [0, 0.1) is 5.92 Å². The summed E-state index contributed by atoms with van der Waals surface area (Å²) in [5.41, 5.74) is 0.985. The molecule has 1 N–H and O–H groups in total. The first-order chi connectivity index (χ1) is 8.10. The van der Waals surface area contributed by atoms with Gasteiger partial charge >= 0.3 is 5.97 Å². The summed E-state index contributed by atoms with van der Waals surface area (Å²) < 4.78 is 4.76. The number of allylic oxidation sites excluding steroid dienone is 2. The van der Waals surface area contributed by atoms with E-state index in [1.165, 1.54) is 7.11 Å². The van der Waals surface area contributed by atoms with E-state index in [0.29, 0.717) is 0 Å². The maximum absolute atomic E-state index is 11.6. The van der Waals surface area contributed by atoms with Gasteiger partial charge < -0.3 is 9.84 Å². The molecule has 0 bridgehead atoms. The summed E-state index contributed by atoms with van der Waals surface area (Å²) in [5, 5.41) is 9.25. The minimum Gasteiger partial charge on any atom is -0.508 e. The third-order valence-electron chi connectivity index (χ3n) is 2.79. The second-order valence-electron chi connectivity index (χ2n) is 3.95. The molecule has 1 rings (SSSR count). The van der Waals surface area contributed by atoms with Gasteiger partial charge in [-0.1, -0.05) is 31.2 Å². The van der Waals surface area contributed by atoms with Crippen LogP contribution in [0.25, 0.3) is 0 Å². The molecule has 0 aromatic heterocycles. The average Bonchev–Trinajstić information content (AvgIpc) is 2.35. The quantitative estimate of drug-likeness (QED) is 0.643. The number of phenols is 1. The molecule has 0 heterocycles. The van der Waals surface area contributed by atoms with Crippen molar-refractivity contribution in [1.82, 2.24) is 0 Å². The van der Waals surface area contributed by atoms with E-state index >= 15 is 0 Å². The van der Waals surface area contributed by atoms with Crippen LogP contribution in [0.15, 0.2) is 36.4 Å². The lowest BCUT2D eigenvalue weighted by Crippen LogP contribution is -2.19. The molecule has 17 heavy (non-hydrogen) atoms. The molecular formula is C14H18O3. The van der Waals surface area contributed by atoms with Crippen LogP contribution in [0.2, 0.25) is 0 Å². The molecule has 0 radical (unpaired) electrons. The van der Waals surface area contributed by atoms with E-state index in [1.54, 1.807) is 12.1 Å². The summed E-state index contributed by atoms with van der Waals surface area (Å²) in [6.45, 7) is 3.75. The third-order valence-corrected chi connectivity index (χ3v) is 2.79. The molecule has 92 valence electrons. The number of ether oxygens (including phenoxy) is 1. The Labute approximate surface area is 102 Å². The van der Waals surface area contributed by atoms with Crippen LogP contribution in [0.3, 0.4) is 0 Å². The Morgan fingerprint density at radius 2 is 1.94 bits per heavy atom. The summed E-state index contributed by atoms with van der Waals surface area (Å²) >= 11 is 0. The Kier molecular flexibility index (Phi) is 4.76. The lowest BCUT2D eigenvalue weighted by Gasteiger charge is -2.19. The van der Waals surface area contributed by atoms with Gasteiger partial charge in [0.05, 0.1) is 13.0 Å². The second kappa shape index (κ2) is 6.09. The smallest absolute Gasteiger partial charge is 0.309 e. The van der Waals surface area contributed by atoms with E-state index in [1.807, 2.05) is 38.1 Å². The molecule has 0 aliphatic heterocycles. The minimum atomic E-state index is -0.249. The van der Waals surface area contributed by atoms with E-state index in [-0.39, 0.29) is 23.6 Å². The summed E-state index contributed by atoms with van der Waals surface area (Å²) in [4.78, 5) is 11.6. The summed E-state index contributed by atoms with van der Waals surface area (Å²) in [5.74, 6) is -0.298. The van der Waals surface area contributed by atoms with Gasteiger partial charge in [-0.3, -0.25) is 4.79 Å². The standard InChI is InChI=1S/C14H18O3/c1-4-5-13(10(2)14(16)17-3)11-6-8-12(15)9-7-11/h4-10,13,15H,1-3H3/b5-4+. The number of methoxy groups -OCH3 is 1. The van der Waals surface area contributed by atoms with E-state index in [4.69, 9.17) is 4.74 Å². The Morgan fingerprint density at radius 1 is 1.35 bits per heavy atom. The molecule has 2 atom stereocenters. The van der Waals surface area contributed by atoms with Crippen molar-refractivity contribution in [3.63, 3.8) is 0 Å². The van der Waals surface area contributed by atoms with Gasteiger partial charge in [0, 0.05) is 5.92 Å². The Bertz CT molecular complexity index is 392. The second-order valence-corrected chi connectivity index (χ2v) is 3.95. The van der Waals surface area contributed by atoms with Crippen molar-refractivity contribution in [2.75, 3.05) is 7.11 Å². The van der Waals surface area contributed by atoms with Crippen molar-refractivity contribution in [2.24, 2.45) is 5.92 Å². The maximum atomic E-state index is 11.6. The molecule has 2 unspecified atom stereocenters. The molecule has 1 aromatic carbocycles. The van der Waals surface area contributed by atoms with Crippen LogP contribution in [-0.4, -0.2) is 18.2 Å². The van der Waals surface area contributed by atoms with Crippen molar-refractivity contribution in [3.05, 3.63) is 42.0 Å². The first-order valence-corrected chi connectivity index (χ1v) is 5.59. The van der Waals surface area contributed by atoms with Crippen molar-refractivity contribution in [1.29, 1.82) is 0 Å². The summed E-state index contributed by atoms with van der Waals surface area (Å²) in [6.07, 6.45) is 3.88. The molecule has 3 heteroatoms. The van der Waals surface area contributed by atoms with Crippen molar-refractivity contribution in [2.45, 2.75) is 19.8 Å². The van der Waals surface area contributed by atoms with E-state index in [9.17, 15) is 9.90 Å². The van der Waals surface area contributed by atoms with Gasteiger partial charge in [0.25, 0.3) is 0 Å². The number of carbonyl (C=O) groups excluding carboxylic acids is 1. The molecule has 0 saturated carbocycles. The highest BCUT2D eigenvalue weighted by Gasteiger charge is 2.23. The van der Waals surface area contributed by atoms with E-state index in [0.717, 1.165) is 5.56 Å². The fourth-order valence-corrected chi connectivity index (χ4v) is 1.80. The monoisotopic (exact) mass is 234 g/mol. The minimum absolute atomic E-state index is 0.0342. The van der Waals surface area contributed by atoms with Crippen LogP contribution in [0.5, 0.6) is 5.75 Å². The molecule has 0 saturated heterocycles. The number of aromatic hydroxyl groups is 1. The molecular weight excluding hydrogens is 216 g/mol. The van der Waals surface area contributed by atoms with Gasteiger partial charge in [0.1, 0.15) is 5.75 Å². The Morgan fingerprint density at radius 3 is 2.41 bits per heavy atom. The van der Waals surface area contributed by atoms with Gasteiger partial charge in [-0.15, -0.1) is 0 Å². The Balaban J connectivity index is 3.00.